The minimum atomic E-state index is 0.293. The lowest BCUT2D eigenvalue weighted by atomic mass is 10.0. The van der Waals surface area contributed by atoms with E-state index in [9.17, 15) is 0 Å². The molecule has 6 heteroatoms. The highest BCUT2D eigenvalue weighted by molar-refractivity contribution is 6.30. The zero-order chi connectivity index (χ0) is 15.4. The number of ether oxygens (including phenoxy) is 1. The van der Waals surface area contributed by atoms with Gasteiger partial charge in [-0.2, -0.15) is 0 Å². The van der Waals surface area contributed by atoms with Crippen molar-refractivity contribution in [2.24, 2.45) is 4.99 Å². The van der Waals surface area contributed by atoms with Crippen molar-refractivity contribution in [1.29, 1.82) is 0 Å². The van der Waals surface area contributed by atoms with Gasteiger partial charge in [0.1, 0.15) is 0 Å². The Kier molecular flexibility index (Phi) is 5.18. The first-order chi connectivity index (χ1) is 10.7. The van der Waals surface area contributed by atoms with Crippen LogP contribution in [0.2, 0.25) is 5.02 Å². The second kappa shape index (κ2) is 7.31. The Morgan fingerprint density at radius 1 is 1.36 bits per heavy atom. The molecule has 2 heterocycles. The van der Waals surface area contributed by atoms with Gasteiger partial charge >= 0.3 is 0 Å². The minimum absolute atomic E-state index is 0.293. The molecule has 2 unspecified atom stereocenters. The van der Waals surface area contributed by atoms with Crippen molar-refractivity contribution in [1.82, 2.24) is 15.5 Å². The molecule has 1 fully saturated rings. The third-order valence-electron chi connectivity index (χ3n) is 4.11. The van der Waals surface area contributed by atoms with Gasteiger partial charge in [0, 0.05) is 30.7 Å². The SMILES string of the molecule is CC1CN=C(NCC(c2ccc(Cl)cc2)N2CCOCC2)N1. The van der Waals surface area contributed by atoms with E-state index < -0.39 is 0 Å². The van der Waals surface area contributed by atoms with Crippen molar-refractivity contribution >= 4 is 17.6 Å². The molecular weight excluding hydrogens is 300 g/mol. The van der Waals surface area contributed by atoms with Gasteiger partial charge in [-0.15, -0.1) is 0 Å². The molecule has 1 aromatic rings. The van der Waals surface area contributed by atoms with E-state index in [1.165, 1.54) is 5.56 Å². The highest BCUT2D eigenvalue weighted by atomic mass is 35.5. The van der Waals surface area contributed by atoms with Crippen LogP contribution in [-0.2, 0) is 4.74 Å². The molecule has 2 atom stereocenters. The Morgan fingerprint density at radius 2 is 2.09 bits per heavy atom. The molecule has 1 saturated heterocycles. The van der Waals surface area contributed by atoms with Crippen LogP contribution in [0.25, 0.3) is 0 Å². The summed E-state index contributed by atoms with van der Waals surface area (Å²) in [6.45, 7) is 7.28. The maximum atomic E-state index is 6.02. The first-order valence-corrected chi connectivity index (χ1v) is 8.22. The molecule has 5 nitrogen and oxygen atoms in total. The Labute approximate surface area is 136 Å². The Morgan fingerprint density at radius 3 is 2.73 bits per heavy atom. The molecule has 22 heavy (non-hydrogen) atoms. The van der Waals surface area contributed by atoms with Crippen molar-refractivity contribution in [3.05, 3.63) is 34.9 Å². The van der Waals surface area contributed by atoms with Gasteiger partial charge in [-0.3, -0.25) is 9.89 Å². The molecule has 120 valence electrons. The molecule has 0 spiro atoms. The van der Waals surface area contributed by atoms with Gasteiger partial charge in [0.25, 0.3) is 0 Å². The largest absolute Gasteiger partial charge is 0.379 e. The quantitative estimate of drug-likeness (QED) is 0.885. The summed E-state index contributed by atoms with van der Waals surface area (Å²) in [6, 6.07) is 8.84. The number of aliphatic imine (C=N–C) groups is 1. The molecule has 3 rings (SSSR count). The van der Waals surface area contributed by atoms with Gasteiger partial charge in [-0.05, 0) is 24.6 Å². The molecule has 2 N–H and O–H groups in total. The number of benzene rings is 1. The Balaban J connectivity index is 1.69. The van der Waals surface area contributed by atoms with Crippen LogP contribution in [0.3, 0.4) is 0 Å². The van der Waals surface area contributed by atoms with Gasteiger partial charge in [0.15, 0.2) is 5.96 Å². The summed E-state index contributed by atoms with van der Waals surface area (Å²) in [5.41, 5.74) is 1.27. The molecule has 0 radical (unpaired) electrons. The lowest BCUT2D eigenvalue weighted by molar-refractivity contribution is 0.0170. The average molecular weight is 323 g/mol. The summed E-state index contributed by atoms with van der Waals surface area (Å²) in [7, 11) is 0. The van der Waals surface area contributed by atoms with Crippen molar-refractivity contribution in [3.8, 4) is 0 Å². The average Bonchev–Trinajstić information content (AvgIpc) is 2.96. The van der Waals surface area contributed by atoms with Crippen molar-refractivity contribution < 1.29 is 4.74 Å². The van der Waals surface area contributed by atoms with Gasteiger partial charge in [0.05, 0.1) is 25.8 Å². The molecular formula is C16H23ClN4O. The molecule has 1 aromatic carbocycles. The van der Waals surface area contributed by atoms with Crippen LogP contribution in [0.15, 0.2) is 29.3 Å². The summed E-state index contributed by atoms with van der Waals surface area (Å²) in [6.07, 6.45) is 0. The first-order valence-electron chi connectivity index (χ1n) is 7.84. The maximum absolute atomic E-state index is 6.02. The van der Waals surface area contributed by atoms with Crippen LogP contribution in [0.4, 0.5) is 0 Å². The van der Waals surface area contributed by atoms with E-state index in [-0.39, 0.29) is 0 Å². The molecule has 2 aliphatic heterocycles. The zero-order valence-corrected chi connectivity index (χ0v) is 13.6. The van der Waals surface area contributed by atoms with Gasteiger partial charge in [0.2, 0.25) is 0 Å². The van der Waals surface area contributed by atoms with Crippen LogP contribution >= 0.6 is 11.6 Å². The fraction of sp³-hybridized carbons (Fsp3) is 0.562. The fourth-order valence-corrected chi connectivity index (χ4v) is 3.01. The van der Waals surface area contributed by atoms with E-state index >= 15 is 0 Å². The lowest BCUT2D eigenvalue weighted by Crippen LogP contribution is -2.46. The predicted octanol–water partition coefficient (Wildman–Crippen LogP) is 1.65. The van der Waals surface area contributed by atoms with Gasteiger partial charge in [-0.25, -0.2) is 0 Å². The molecule has 0 aromatic heterocycles. The van der Waals surface area contributed by atoms with E-state index in [0.29, 0.717) is 12.1 Å². The fourth-order valence-electron chi connectivity index (χ4n) is 2.89. The Hall–Kier alpha value is -1.30. The number of morpholine rings is 1. The van der Waals surface area contributed by atoms with E-state index in [2.05, 4.69) is 39.6 Å². The van der Waals surface area contributed by atoms with Crippen molar-refractivity contribution in [2.45, 2.75) is 19.0 Å². The predicted molar refractivity (Wildman–Crippen MR) is 89.5 cm³/mol. The van der Waals surface area contributed by atoms with Crippen LogP contribution in [-0.4, -0.2) is 56.3 Å². The summed E-state index contributed by atoms with van der Waals surface area (Å²) in [4.78, 5) is 6.93. The first kappa shape index (κ1) is 15.6. The summed E-state index contributed by atoms with van der Waals surface area (Å²) < 4.78 is 5.48. The standard InChI is InChI=1S/C16H23ClN4O/c1-12-10-18-16(20-12)19-11-15(21-6-8-22-9-7-21)13-2-4-14(17)5-3-13/h2-5,12,15H,6-11H2,1H3,(H2,18,19,20). The minimum Gasteiger partial charge on any atom is -0.379 e. The van der Waals surface area contributed by atoms with Crippen LogP contribution < -0.4 is 10.6 Å². The summed E-state index contributed by atoms with van der Waals surface area (Å²) in [5, 5.41) is 7.56. The summed E-state index contributed by atoms with van der Waals surface area (Å²) in [5.74, 6) is 0.903. The highest BCUT2D eigenvalue weighted by Crippen LogP contribution is 2.23. The van der Waals surface area contributed by atoms with Crippen molar-refractivity contribution in [2.75, 3.05) is 39.4 Å². The molecule has 0 aliphatic carbocycles. The molecule has 0 saturated carbocycles. The maximum Gasteiger partial charge on any atom is 0.191 e. The second-order valence-corrected chi connectivity index (χ2v) is 6.27. The van der Waals surface area contributed by atoms with Crippen molar-refractivity contribution in [3.63, 3.8) is 0 Å². The van der Waals surface area contributed by atoms with Crippen LogP contribution in [0.1, 0.15) is 18.5 Å². The van der Waals surface area contributed by atoms with E-state index in [4.69, 9.17) is 16.3 Å². The molecule has 2 aliphatic rings. The zero-order valence-electron chi connectivity index (χ0n) is 12.9. The Bertz CT molecular complexity index is 513. The van der Waals surface area contributed by atoms with Gasteiger partial charge in [-0.1, -0.05) is 23.7 Å². The normalized spacial score (nSPS) is 23.7. The van der Waals surface area contributed by atoms with E-state index in [1.54, 1.807) is 0 Å². The molecule has 0 amide bonds. The number of hydrogen-bond donors (Lipinski definition) is 2. The van der Waals surface area contributed by atoms with Crippen LogP contribution in [0.5, 0.6) is 0 Å². The number of nitrogens with one attached hydrogen (secondary N) is 2. The lowest BCUT2D eigenvalue weighted by Gasteiger charge is -2.35. The number of halogens is 1. The number of nitrogens with zero attached hydrogens (tertiary/aromatic N) is 2. The van der Waals surface area contributed by atoms with E-state index in [1.807, 2.05) is 12.1 Å². The van der Waals surface area contributed by atoms with Crippen LogP contribution in [0, 0.1) is 0 Å². The highest BCUT2D eigenvalue weighted by Gasteiger charge is 2.23. The third kappa shape index (κ3) is 3.91. The second-order valence-electron chi connectivity index (χ2n) is 5.83. The molecule has 0 bridgehead atoms. The van der Waals surface area contributed by atoms with Gasteiger partial charge < -0.3 is 15.4 Å². The third-order valence-corrected chi connectivity index (χ3v) is 4.36. The van der Waals surface area contributed by atoms with E-state index in [0.717, 1.165) is 50.4 Å². The smallest absolute Gasteiger partial charge is 0.191 e. The monoisotopic (exact) mass is 322 g/mol. The topological polar surface area (TPSA) is 48.9 Å². The number of rotatable bonds is 4. The summed E-state index contributed by atoms with van der Waals surface area (Å²) >= 11 is 6.02. The number of guanidine groups is 1. The number of hydrogen-bond acceptors (Lipinski definition) is 5.